The number of carbonyl (C=O) groups excluding carboxylic acids is 1. The number of aryl methyl sites for hydroxylation is 1. The molecule has 5 nitrogen and oxygen atoms in total. The van der Waals surface area contributed by atoms with Crippen molar-refractivity contribution >= 4 is 11.6 Å². The zero-order valence-corrected chi connectivity index (χ0v) is 12.5. The number of nitrogens with one attached hydrogen (secondary N) is 1. The van der Waals surface area contributed by atoms with Crippen LogP contribution < -0.4 is 5.32 Å². The number of aromatic nitrogens is 2. The van der Waals surface area contributed by atoms with Crippen molar-refractivity contribution in [1.29, 1.82) is 0 Å². The Morgan fingerprint density at radius 3 is 2.57 bits per heavy atom. The highest BCUT2D eigenvalue weighted by molar-refractivity contribution is 5.97. The summed E-state index contributed by atoms with van der Waals surface area (Å²) >= 11 is 0. The van der Waals surface area contributed by atoms with Gasteiger partial charge in [-0.15, -0.1) is 0 Å². The van der Waals surface area contributed by atoms with Crippen molar-refractivity contribution < 1.29 is 22.5 Å². The SMILES string of the molecule is Cc1cc(-c2noc(C(F)(F)F)n2)ccc1NC(=O)C1(C)CC1. The Balaban J connectivity index is 1.81. The van der Waals surface area contributed by atoms with Gasteiger partial charge in [-0.3, -0.25) is 4.79 Å². The molecule has 23 heavy (non-hydrogen) atoms. The van der Waals surface area contributed by atoms with Gasteiger partial charge in [0.05, 0.1) is 0 Å². The molecular weight excluding hydrogens is 311 g/mol. The molecule has 1 aliphatic carbocycles. The molecule has 0 bridgehead atoms. The highest BCUT2D eigenvalue weighted by Gasteiger charge is 2.45. The molecule has 1 N–H and O–H groups in total. The summed E-state index contributed by atoms with van der Waals surface area (Å²) < 4.78 is 41.6. The van der Waals surface area contributed by atoms with E-state index in [9.17, 15) is 18.0 Å². The zero-order valence-electron chi connectivity index (χ0n) is 12.5. The van der Waals surface area contributed by atoms with Gasteiger partial charge in [0.2, 0.25) is 11.7 Å². The van der Waals surface area contributed by atoms with Gasteiger partial charge < -0.3 is 9.84 Å². The van der Waals surface area contributed by atoms with E-state index in [0.717, 1.165) is 12.8 Å². The van der Waals surface area contributed by atoms with Gasteiger partial charge in [-0.1, -0.05) is 12.1 Å². The molecule has 0 atom stereocenters. The molecule has 0 unspecified atom stereocenters. The molecule has 0 saturated heterocycles. The number of anilines is 1. The second-order valence-corrected chi connectivity index (χ2v) is 5.97. The first-order chi connectivity index (χ1) is 10.7. The predicted octanol–water partition coefficient (Wildman–Crippen LogP) is 3.80. The van der Waals surface area contributed by atoms with Crippen LogP contribution >= 0.6 is 0 Å². The van der Waals surface area contributed by atoms with Gasteiger partial charge in [0.25, 0.3) is 0 Å². The average Bonchev–Trinajstić information content (AvgIpc) is 3.02. The quantitative estimate of drug-likeness (QED) is 0.932. The van der Waals surface area contributed by atoms with E-state index in [1.807, 2.05) is 6.92 Å². The van der Waals surface area contributed by atoms with Crippen molar-refractivity contribution in [3.63, 3.8) is 0 Å². The number of nitrogens with zero attached hydrogens (tertiary/aromatic N) is 2. The largest absolute Gasteiger partial charge is 0.471 e. The third-order valence-electron chi connectivity index (χ3n) is 3.95. The highest BCUT2D eigenvalue weighted by atomic mass is 19.4. The Labute approximate surface area is 129 Å². The van der Waals surface area contributed by atoms with E-state index in [2.05, 4.69) is 20.0 Å². The number of rotatable bonds is 3. The fourth-order valence-corrected chi connectivity index (χ4v) is 2.09. The molecule has 2 aromatic rings. The number of amides is 1. The van der Waals surface area contributed by atoms with E-state index < -0.39 is 12.1 Å². The van der Waals surface area contributed by atoms with Crippen molar-refractivity contribution in [1.82, 2.24) is 10.1 Å². The van der Waals surface area contributed by atoms with E-state index in [4.69, 9.17) is 0 Å². The van der Waals surface area contributed by atoms with E-state index in [0.29, 0.717) is 16.8 Å². The van der Waals surface area contributed by atoms with Crippen LogP contribution in [-0.4, -0.2) is 16.0 Å². The number of alkyl halides is 3. The summed E-state index contributed by atoms with van der Waals surface area (Å²) in [5.74, 6) is -1.58. The average molecular weight is 325 g/mol. The molecule has 8 heteroatoms. The van der Waals surface area contributed by atoms with Gasteiger partial charge in [0.1, 0.15) is 0 Å². The summed E-state index contributed by atoms with van der Waals surface area (Å²) in [4.78, 5) is 15.4. The minimum Gasteiger partial charge on any atom is -0.329 e. The normalized spacial score (nSPS) is 16.2. The topological polar surface area (TPSA) is 68.0 Å². The minimum atomic E-state index is -4.67. The smallest absolute Gasteiger partial charge is 0.329 e. The van der Waals surface area contributed by atoms with Gasteiger partial charge >= 0.3 is 12.1 Å². The second kappa shape index (κ2) is 5.07. The maximum absolute atomic E-state index is 12.5. The first kappa shape index (κ1) is 15.5. The summed E-state index contributed by atoms with van der Waals surface area (Å²) in [6.45, 7) is 3.64. The standard InChI is InChI=1S/C15H14F3N3O2/c1-8-7-9(11-20-13(23-21-11)15(16,17)18)3-4-10(8)19-12(22)14(2)5-6-14/h3-4,7H,5-6H2,1-2H3,(H,19,22). The van der Waals surface area contributed by atoms with Crippen molar-refractivity contribution in [3.8, 4) is 11.4 Å². The van der Waals surface area contributed by atoms with Gasteiger partial charge in [0.15, 0.2) is 0 Å². The first-order valence-corrected chi connectivity index (χ1v) is 7.02. The van der Waals surface area contributed by atoms with Crippen LogP contribution in [0.5, 0.6) is 0 Å². The number of hydrogen-bond donors (Lipinski definition) is 1. The molecule has 122 valence electrons. The van der Waals surface area contributed by atoms with Gasteiger partial charge in [-0.2, -0.15) is 18.2 Å². The maximum atomic E-state index is 12.5. The molecule has 1 aliphatic rings. The number of carbonyl (C=O) groups is 1. The number of hydrogen-bond acceptors (Lipinski definition) is 4. The molecule has 0 radical (unpaired) electrons. The third kappa shape index (κ3) is 3.06. The van der Waals surface area contributed by atoms with E-state index >= 15 is 0 Å². The van der Waals surface area contributed by atoms with E-state index in [1.165, 1.54) is 0 Å². The van der Waals surface area contributed by atoms with Crippen LogP contribution in [0.4, 0.5) is 18.9 Å². The predicted molar refractivity (Wildman–Crippen MR) is 75.4 cm³/mol. The summed E-state index contributed by atoms with van der Waals surface area (Å²) in [6.07, 6.45) is -2.95. The Hall–Kier alpha value is -2.38. The summed E-state index contributed by atoms with van der Waals surface area (Å²) in [5.41, 5.74) is 1.41. The molecule has 0 spiro atoms. The van der Waals surface area contributed by atoms with Crippen LogP contribution in [0.25, 0.3) is 11.4 Å². The fourth-order valence-electron chi connectivity index (χ4n) is 2.09. The van der Waals surface area contributed by atoms with Crippen molar-refractivity contribution in [2.24, 2.45) is 5.41 Å². The molecule has 1 fully saturated rings. The summed E-state index contributed by atoms with van der Waals surface area (Å²) in [6, 6.07) is 4.77. The molecule has 0 aliphatic heterocycles. The molecule has 1 heterocycles. The lowest BCUT2D eigenvalue weighted by molar-refractivity contribution is -0.159. The Kier molecular flexibility index (Phi) is 3.42. The van der Waals surface area contributed by atoms with Crippen LogP contribution in [0.15, 0.2) is 22.7 Å². The number of halogens is 3. The molecule has 1 amide bonds. The molecular formula is C15H14F3N3O2. The Morgan fingerprint density at radius 1 is 1.35 bits per heavy atom. The van der Waals surface area contributed by atoms with Gasteiger partial charge in [-0.05, 0) is 43.5 Å². The molecule has 3 rings (SSSR count). The van der Waals surface area contributed by atoms with Crippen LogP contribution in [0.3, 0.4) is 0 Å². The van der Waals surface area contributed by atoms with Crippen molar-refractivity contribution in [2.75, 3.05) is 5.32 Å². The lowest BCUT2D eigenvalue weighted by atomic mass is 10.1. The summed E-state index contributed by atoms with van der Waals surface area (Å²) in [5, 5.41) is 6.18. The third-order valence-corrected chi connectivity index (χ3v) is 3.95. The molecule has 1 saturated carbocycles. The number of benzene rings is 1. The highest BCUT2D eigenvalue weighted by Crippen LogP contribution is 2.46. The maximum Gasteiger partial charge on any atom is 0.471 e. The van der Waals surface area contributed by atoms with E-state index in [-0.39, 0.29) is 17.1 Å². The second-order valence-electron chi connectivity index (χ2n) is 5.97. The van der Waals surface area contributed by atoms with Gasteiger partial charge in [-0.25, -0.2) is 0 Å². The first-order valence-electron chi connectivity index (χ1n) is 7.02. The van der Waals surface area contributed by atoms with E-state index in [1.54, 1.807) is 25.1 Å². The lowest BCUT2D eigenvalue weighted by Gasteiger charge is -2.12. The van der Waals surface area contributed by atoms with Crippen molar-refractivity contribution in [3.05, 3.63) is 29.7 Å². The fraction of sp³-hybridized carbons (Fsp3) is 0.400. The Bertz CT molecular complexity index is 764. The van der Waals surface area contributed by atoms with Crippen LogP contribution in [-0.2, 0) is 11.0 Å². The monoisotopic (exact) mass is 325 g/mol. The van der Waals surface area contributed by atoms with Gasteiger partial charge in [0, 0.05) is 16.7 Å². The van der Waals surface area contributed by atoms with Crippen LogP contribution in [0, 0.1) is 12.3 Å². The zero-order chi connectivity index (χ0) is 16.8. The minimum absolute atomic E-state index is 0.0488. The summed E-state index contributed by atoms with van der Waals surface area (Å²) in [7, 11) is 0. The molecule has 1 aromatic heterocycles. The Morgan fingerprint density at radius 2 is 2.04 bits per heavy atom. The molecule has 1 aromatic carbocycles. The van der Waals surface area contributed by atoms with Crippen LogP contribution in [0.1, 0.15) is 31.2 Å². The van der Waals surface area contributed by atoms with Crippen LogP contribution in [0.2, 0.25) is 0 Å². The van der Waals surface area contributed by atoms with Crippen molar-refractivity contribution in [2.45, 2.75) is 32.9 Å². The lowest BCUT2D eigenvalue weighted by Crippen LogP contribution is -2.21.